The number of aromatic hydroxyl groups is 1. The fraction of sp³-hybridized carbons (Fsp3) is 0.364. The van der Waals surface area contributed by atoms with Gasteiger partial charge in [0.25, 0.3) is 5.91 Å². The number of phenolic OH excluding ortho intramolecular Hbond substituents is 1. The molecule has 0 aromatic heterocycles. The van der Waals surface area contributed by atoms with Gasteiger partial charge in [-0.1, -0.05) is 0 Å². The second-order valence-corrected chi connectivity index (χ2v) is 6.41. The number of amides is 1. The van der Waals surface area contributed by atoms with Gasteiger partial charge >= 0.3 is 0 Å². The van der Waals surface area contributed by atoms with E-state index in [-0.39, 0.29) is 35.9 Å². The van der Waals surface area contributed by atoms with E-state index >= 15 is 0 Å². The summed E-state index contributed by atoms with van der Waals surface area (Å²) in [6.07, 6.45) is 0. The molecule has 0 atom stereocenters. The zero-order chi connectivity index (χ0) is 13.3. The highest BCUT2D eigenvalue weighted by Crippen LogP contribution is 2.20. The number of benzene rings is 1. The van der Waals surface area contributed by atoms with Crippen LogP contribution < -0.4 is 0 Å². The molecule has 1 fully saturated rings. The van der Waals surface area contributed by atoms with Crippen molar-refractivity contribution in [3.05, 3.63) is 29.6 Å². The molecule has 1 aliphatic heterocycles. The Labute approximate surface area is 104 Å². The molecule has 1 N–H and O–H groups in total. The Balaban J connectivity index is 2.20. The number of hydrogen-bond donors (Lipinski definition) is 1. The maximum Gasteiger partial charge on any atom is 0.257 e. The molecular weight excluding hydrogens is 261 g/mol. The summed E-state index contributed by atoms with van der Waals surface area (Å²) in [6, 6.07) is 3.09. The summed E-state index contributed by atoms with van der Waals surface area (Å²) in [6.45, 7) is 0.133. The highest BCUT2D eigenvalue weighted by molar-refractivity contribution is 7.91. The predicted octanol–water partition coefficient (Wildman–Crippen LogP) is 0.402. The van der Waals surface area contributed by atoms with Gasteiger partial charge in [0.05, 0.1) is 17.1 Å². The van der Waals surface area contributed by atoms with Gasteiger partial charge in [-0.3, -0.25) is 4.79 Å². The van der Waals surface area contributed by atoms with E-state index in [0.717, 1.165) is 18.2 Å². The molecule has 5 nitrogen and oxygen atoms in total. The molecule has 1 aromatic rings. The Hall–Kier alpha value is -1.63. The smallest absolute Gasteiger partial charge is 0.257 e. The lowest BCUT2D eigenvalue weighted by molar-refractivity contribution is 0.0766. The van der Waals surface area contributed by atoms with Crippen LogP contribution in [-0.4, -0.2) is 48.9 Å². The third-order valence-electron chi connectivity index (χ3n) is 2.82. The molecule has 1 heterocycles. The van der Waals surface area contributed by atoms with Gasteiger partial charge in [0, 0.05) is 13.1 Å². The minimum absolute atomic E-state index is 0.0666. The van der Waals surface area contributed by atoms with Crippen molar-refractivity contribution in [2.45, 2.75) is 0 Å². The van der Waals surface area contributed by atoms with Gasteiger partial charge in [-0.25, -0.2) is 12.8 Å². The van der Waals surface area contributed by atoms with E-state index in [1.54, 1.807) is 0 Å². The molecule has 0 radical (unpaired) electrons. The fourth-order valence-electron chi connectivity index (χ4n) is 1.77. The van der Waals surface area contributed by atoms with E-state index < -0.39 is 21.6 Å². The second kappa shape index (κ2) is 4.56. The van der Waals surface area contributed by atoms with Crippen molar-refractivity contribution in [1.82, 2.24) is 4.90 Å². The van der Waals surface area contributed by atoms with Crippen LogP contribution in [0.1, 0.15) is 10.4 Å². The average molecular weight is 273 g/mol. The number of nitrogens with zero attached hydrogens (tertiary/aromatic N) is 1. The van der Waals surface area contributed by atoms with E-state index in [4.69, 9.17) is 0 Å². The minimum Gasteiger partial charge on any atom is -0.507 e. The van der Waals surface area contributed by atoms with Crippen LogP contribution in [0.5, 0.6) is 5.75 Å². The van der Waals surface area contributed by atoms with Crippen LogP contribution in [0, 0.1) is 5.82 Å². The van der Waals surface area contributed by atoms with E-state index in [2.05, 4.69) is 0 Å². The molecular formula is C11H12FNO4S. The van der Waals surface area contributed by atoms with E-state index in [1.165, 1.54) is 4.90 Å². The van der Waals surface area contributed by atoms with E-state index in [9.17, 15) is 22.7 Å². The molecule has 0 aliphatic carbocycles. The summed E-state index contributed by atoms with van der Waals surface area (Å²) in [7, 11) is -3.08. The monoisotopic (exact) mass is 273 g/mol. The SMILES string of the molecule is O=C(c1cc(F)ccc1O)N1CCS(=O)(=O)CC1. The predicted molar refractivity (Wildman–Crippen MR) is 62.6 cm³/mol. The van der Waals surface area contributed by atoms with E-state index in [1.807, 2.05) is 0 Å². The van der Waals surface area contributed by atoms with Crippen molar-refractivity contribution in [2.24, 2.45) is 0 Å². The van der Waals surface area contributed by atoms with Crippen LogP contribution in [0.2, 0.25) is 0 Å². The molecule has 1 saturated heterocycles. The number of sulfone groups is 1. The number of carbonyl (C=O) groups excluding carboxylic acids is 1. The Kier molecular flexibility index (Phi) is 3.25. The topological polar surface area (TPSA) is 74.7 Å². The molecule has 0 spiro atoms. The summed E-state index contributed by atoms with van der Waals surface area (Å²) >= 11 is 0. The number of phenols is 1. The third-order valence-corrected chi connectivity index (χ3v) is 4.43. The first-order valence-corrected chi connectivity index (χ1v) is 7.19. The summed E-state index contributed by atoms with van der Waals surface area (Å²) in [5.41, 5.74) is -0.144. The summed E-state index contributed by atoms with van der Waals surface area (Å²) in [5.74, 6) is -1.69. The molecule has 1 aliphatic rings. The molecule has 18 heavy (non-hydrogen) atoms. The van der Waals surface area contributed by atoms with Crippen LogP contribution in [0.25, 0.3) is 0 Å². The first kappa shape index (κ1) is 12.8. The van der Waals surface area contributed by atoms with Gasteiger partial charge in [0.1, 0.15) is 11.6 Å². The van der Waals surface area contributed by atoms with Crippen LogP contribution in [0.3, 0.4) is 0 Å². The molecule has 0 bridgehead atoms. The molecule has 7 heteroatoms. The van der Waals surface area contributed by atoms with E-state index in [0.29, 0.717) is 0 Å². The van der Waals surface area contributed by atoms with Crippen LogP contribution >= 0.6 is 0 Å². The normalized spacial score (nSPS) is 18.6. The summed E-state index contributed by atoms with van der Waals surface area (Å²) in [4.78, 5) is 13.3. The van der Waals surface area contributed by atoms with Crippen molar-refractivity contribution in [2.75, 3.05) is 24.6 Å². The average Bonchev–Trinajstić information content (AvgIpc) is 2.31. The number of halogens is 1. The first-order valence-electron chi connectivity index (χ1n) is 5.37. The quantitative estimate of drug-likeness (QED) is 0.804. The van der Waals surface area contributed by atoms with Crippen molar-refractivity contribution >= 4 is 15.7 Å². The zero-order valence-electron chi connectivity index (χ0n) is 9.47. The van der Waals surface area contributed by atoms with Crippen molar-refractivity contribution < 1.29 is 22.7 Å². The summed E-state index contributed by atoms with van der Waals surface area (Å²) in [5, 5.41) is 9.51. The summed E-state index contributed by atoms with van der Waals surface area (Å²) < 4.78 is 35.5. The van der Waals surface area contributed by atoms with Gasteiger partial charge in [-0.15, -0.1) is 0 Å². The molecule has 0 saturated carbocycles. The second-order valence-electron chi connectivity index (χ2n) is 4.11. The molecule has 1 amide bonds. The number of hydrogen-bond acceptors (Lipinski definition) is 4. The molecule has 2 rings (SSSR count). The Morgan fingerprint density at radius 1 is 1.28 bits per heavy atom. The largest absolute Gasteiger partial charge is 0.507 e. The lowest BCUT2D eigenvalue weighted by atomic mass is 10.1. The van der Waals surface area contributed by atoms with Gasteiger partial charge < -0.3 is 10.0 Å². The lowest BCUT2D eigenvalue weighted by Gasteiger charge is -2.26. The Morgan fingerprint density at radius 3 is 2.50 bits per heavy atom. The maximum absolute atomic E-state index is 13.0. The van der Waals surface area contributed by atoms with Crippen LogP contribution in [-0.2, 0) is 9.84 Å². The van der Waals surface area contributed by atoms with Gasteiger partial charge in [0.2, 0.25) is 0 Å². The van der Waals surface area contributed by atoms with Gasteiger partial charge in [-0.05, 0) is 18.2 Å². The van der Waals surface area contributed by atoms with Gasteiger partial charge in [0.15, 0.2) is 9.84 Å². The standard InChI is InChI=1S/C11H12FNO4S/c12-8-1-2-10(14)9(7-8)11(15)13-3-5-18(16,17)6-4-13/h1-2,7,14H,3-6H2. The Bertz CT molecular complexity index is 571. The highest BCUT2D eigenvalue weighted by Gasteiger charge is 2.27. The fourth-order valence-corrected chi connectivity index (χ4v) is 2.97. The third kappa shape index (κ3) is 2.61. The van der Waals surface area contributed by atoms with Crippen LogP contribution in [0.4, 0.5) is 4.39 Å². The number of carbonyl (C=O) groups is 1. The molecule has 1 aromatic carbocycles. The number of rotatable bonds is 1. The first-order chi connectivity index (χ1) is 8.39. The van der Waals surface area contributed by atoms with Crippen LogP contribution in [0.15, 0.2) is 18.2 Å². The van der Waals surface area contributed by atoms with Crippen molar-refractivity contribution in [3.8, 4) is 5.75 Å². The minimum atomic E-state index is -3.08. The lowest BCUT2D eigenvalue weighted by Crippen LogP contribution is -2.43. The zero-order valence-corrected chi connectivity index (χ0v) is 10.3. The highest BCUT2D eigenvalue weighted by atomic mass is 32.2. The Morgan fingerprint density at radius 2 is 1.89 bits per heavy atom. The van der Waals surface area contributed by atoms with Crippen molar-refractivity contribution in [3.63, 3.8) is 0 Å². The maximum atomic E-state index is 13.0. The van der Waals surface area contributed by atoms with Gasteiger partial charge in [-0.2, -0.15) is 0 Å². The molecule has 98 valence electrons. The van der Waals surface area contributed by atoms with Crippen molar-refractivity contribution in [1.29, 1.82) is 0 Å². The molecule has 0 unspecified atom stereocenters.